The largest absolute Gasteiger partial charge is 0.450 e. The minimum atomic E-state index is -0.310. The number of likely N-dealkylation sites (tertiary alicyclic amines) is 1. The number of amides is 2. The maximum absolute atomic E-state index is 12.3. The molecule has 1 spiro atoms. The molecule has 1 N–H and O–H groups in total. The molecule has 138 valence electrons. The summed E-state index contributed by atoms with van der Waals surface area (Å²) in [6.45, 7) is 4.71. The number of alkyl carbamates (subject to hydrolysis) is 1. The Morgan fingerprint density at radius 1 is 1.40 bits per heavy atom. The van der Waals surface area contributed by atoms with Crippen LogP contribution >= 0.6 is 0 Å². The molecule has 0 aliphatic carbocycles. The van der Waals surface area contributed by atoms with Crippen LogP contribution in [0.1, 0.15) is 45.4 Å². The molecule has 0 radical (unpaired) electrons. The van der Waals surface area contributed by atoms with E-state index in [0.717, 1.165) is 45.2 Å². The molecule has 4 aliphatic heterocycles. The second-order valence-electron chi connectivity index (χ2n) is 7.53. The Labute approximate surface area is 148 Å². The summed E-state index contributed by atoms with van der Waals surface area (Å²) in [6.07, 6.45) is 7.66. The van der Waals surface area contributed by atoms with Crippen LogP contribution in [0.25, 0.3) is 0 Å². The van der Waals surface area contributed by atoms with Crippen LogP contribution < -0.4 is 5.32 Å². The van der Waals surface area contributed by atoms with E-state index in [1.54, 1.807) is 0 Å². The van der Waals surface area contributed by atoms with Crippen molar-refractivity contribution in [3.8, 4) is 0 Å². The summed E-state index contributed by atoms with van der Waals surface area (Å²) in [5.74, 6) is 0. The van der Waals surface area contributed by atoms with E-state index in [1.165, 1.54) is 12.1 Å². The van der Waals surface area contributed by atoms with Crippen LogP contribution in [0.5, 0.6) is 0 Å². The van der Waals surface area contributed by atoms with Crippen LogP contribution in [0.4, 0.5) is 9.59 Å². The normalized spacial score (nSPS) is 30.6. The van der Waals surface area contributed by atoms with Crippen LogP contribution in [0.3, 0.4) is 0 Å². The minimum absolute atomic E-state index is 0.156. The smallest absolute Gasteiger partial charge is 0.410 e. The first-order chi connectivity index (χ1) is 12.1. The van der Waals surface area contributed by atoms with Crippen molar-refractivity contribution >= 4 is 12.2 Å². The molecule has 4 aliphatic rings. The Kier molecular flexibility index (Phi) is 4.25. The molecule has 3 saturated heterocycles. The molecule has 3 fully saturated rings. The van der Waals surface area contributed by atoms with Gasteiger partial charge in [0, 0.05) is 44.1 Å². The third-order valence-corrected chi connectivity index (χ3v) is 6.04. The van der Waals surface area contributed by atoms with Crippen molar-refractivity contribution in [2.45, 2.75) is 63.1 Å². The minimum Gasteiger partial charge on any atom is -0.450 e. The Bertz CT molecular complexity index is 583. The number of ether oxygens (including phenoxy) is 2. The molecule has 2 bridgehead atoms. The predicted molar refractivity (Wildman–Crippen MR) is 91.0 cm³/mol. The van der Waals surface area contributed by atoms with Gasteiger partial charge in [0.05, 0.1) is 19.2 Å². The van der Waals surface area contributed by atoms with Crippen molar-refractivity contribution in [1.29, 1.82) is 0 Å². The van der Waals surface area contributed by atoms with E-state index >= 15 is 0 Å². The number of carbonyl (C=O) groups is 2. The maximum atomic E-state index is 12.3. The first-order valence-electron chi connectivity index (χ1n) is 9.48. The quantitative estimate of drug-likeness (QED) is 0.828. The molecule has 0 saturated carbocycles. The van der Waals surface area contributed by atoms with Crippen molar-refractivity contribution < 1.29 is 19.1 Å². The van der Waals surface area contributed by atoms with Gasteiger partial charge in [0.1, 0.15) is 5.60 Å². The zero-order valence-corrected chi connectivity index (χ0v) is 14.8. The molecule has 7 nitrogen and oxygen atoms in total. The molecule has 4 heterocycles. The second kappa shape index (κ2) is 6.42. The van der Waals surface area contributed by atoms with E-state index in [1.807, 2.05) is 11.8 Å². The van der Waals surface area contributed by atoms with E-state index in [-0.39, 0.29) is 29.9 Å². The standard InChI is InChI=1S/C18H27N3O4/c1-2-24-17(23)21-13-4-3-5-14(21)11-15(10-13)20-8-6-18(7-9-20)12-19-16(22)25-18/h10,13-14H,2-9,11-12H2,1H3,(H,19,22). The highest BCUT2D eigenvalue weighted by Gasteiger charge is 2.44. The lowest BCUT2D eigenvalue weighted by Gasteiger charge is -2.47. The average Bonchev–Trinajstić information content (AvgIpc) is 2.95. The lowest BCUT2D eigenvalue weighted by molar-refractivity contribution is 0.00365. The SMILES string of the molecule is CCOC(=O)N1C2C=C(N3CCC4(CC3)CNC(=O)O4)CC1CCC2. The number of rotatable bonds is 2. The van der Waals surface area contributed by atoms with Gasteiger partial charge in [-0.05, 0) is 32.3 Å². The molecule has 0 aromatic rings. The summed E-state index contributed by atoms with van der Waals surface area (Å²) < 4.78 is 10.8. The second-order valence-corrected chi connectivity index (χ2v) is 7.53. The summed E-state index contributed by atoms with van der Waals surface area (Å²) in [7, 11) is 0. The van der Waals surface area contributed by atoms with Crippen molar-refractivity contribution in [1.82, 2.24) is 15.1 Å². The summed E-state index contributed by atoms with van der Waals surface area (Å²) >= 11 is 0. The molecular weight excluding hydrogens is 322 g/mol. The number of hydrogen-bond acceptors (Lipinski definition) is 5. The molecule has 7 heteroatoms. The molecule has 25 heavy (non-hydrogen) atoms. The third-order valence-electron chi connectivity index (χ3n) is 6.04. The van der Waals surface area contributed by atoms with Gasteiger partial charge in [0.15, 0.2) is 0 Å². The van der Waals surface area contributed by atoms with Gasteiger partial charge in [0.2, 0.25) is 0 Å². The summed E-state index contributed by atoms with van der Waals surface area (Å²) in [6, 6.07) is 0.406. The Balaban J connectivity index is 1.44. The topological polar surface area (TPSA) is 71.1 Å². The number of carbonyl (C=O) groups excluding carboxylic acids is 2. The Morgan fingerprint density at radius 2 is 2.20 bits per heavy atom. The van der Waals surface area contributed by atoms with Gasteiger partial charge >= 0.3 is 12.2 Å². The number of nitrogens with zero attached hydrogens (tertiary/aromatic N) is 2. The fourth-order valence-corrected chi connectivity index (χ4v) is 4.71. The van der Waals surface area contributed by atoms with E-state index in [2.05, 4.69) is 16.3 Å². The van der Waals surface area contributed by atoms with Gasteiger partial charge in [-0.2, -0.15) is 0 Å². The highest BCUT2D eigenvalue weighted by molar-refractivity contribution is 5.70. The number of fused-ring (bicyclic) bond motifs is 2. The number of piperidine rings is 2. The Hall–Kier alpha value is -1.92. The maximum Gasteiger partial charge on any atom is 0.410 e. The van der Waals surface area contributed by atoms with Crippen molar-refractivity contribution in [2.75, 3.05) is 26.2 Å². The van der Waals surface area contributed by atoms with Gasteiger partial charge in [0.25, 0.3) is 0 Å². The van der Waals surface area contributed by atoms with Crippen molar-refractivity contribution in [3.05, 3.63) is 11.8 Å². The van der Waals surface area contributed by atoms with Crippen LogP contribution in [0, 0.1) is 0 Å². The highest BCUT2D eigenvalue weighted by atomic mass is 16.6. The zero-order valence-electron chi connectivity index (χ0n) is 14.8. The van der Waals surface area contributed by atoms with Gasteiger partial charge in [-0.3, -0.25) is 4.90 Å². The van der Waals surface area contributed by atoms with E-state index < -0.39 is 0 Å². The zero-order chi connectivity index (χ0) is 17.4. The van der Waals surface area contributed by atoms with Crippen LogP contribution in [-0.2, 0) is 9.47 Å². The van der Waals surface area contributed by atoms with Gasteiger partial charge in [-0.1, -0.05) is 0 Å². The van der Waals surface area contributed by atoms with Gasteiger partial charge < -0.3 is 19.7 Å². The summed E-state index contributed by atoms with van der Waals surface area (Å²) in [5, 5.41) is 2.78. The van der Waals surface area contributed by atoms with Crippen molar-refractivity contribution in [3.63, 3.8) is 0 Å². The average molecular weight is 349 g/mol. The highest BCUT2D eigenvalue weighted by Crippen LogP contribution is 2.37. The Morgan fingerprint density at radius 3 is 2.84 bits per heavy atom. The van der Waals surface area contributed by atoms with E-state index in [4.69, 9.17) is 9.47 Å². The predicted octanol–water partition coefficient (Wildman–Crippen LogP) is 2.23. The monoisotopic (exact) mass is 349 g/mol. The lowest BCUT2D eigenvalue weighted by Crippen LogP contribution is -2.54. The molecule has 2 unspecified atom stereocenters. The summed E-state index contributed by atoms with van der Waals surface area (Å²) in [4.78, 5) is 28.0. The molecule has 2 amide bonds. The van der Waals surface area contributed by atoms with Gasteiger partial charge in [-0.15, -0.1) is 0 Å². The van der Waals surface area contributed by atoms with Crippen molar-refractivity contribution in [2.24, 2.45) is 0 Å². The van der Waals surface area contributed by atoms with E-state index in [9.17, 15) is 9.59 Å². The fraction of sp³-hybridized carbons (Fsp3) is 0.778. The molecule has 2 atom stereocenters. The van der Waals surface area contributed by atoms with Crippen LogP contribution in [0.2, 0.25) is 0 Å². The van der Waals surface area contributed by atoms with E-state index in [0.29, 0.717) is 13.2 Å². The van der Waals surface area contributed by atoms with Gasteiger partial charge in [-0.25, -0.2) is 9.59 Å². The summed E-state index contributed by atoms with van der Waals surface area (Å²) in [5.41, 5.74) is 1.04. The number of nitrogens with one attached hydrogen (secondary N) is 1. The molecule has 0 aromatic carbocycles. The number of hydrogen-bond donors (Lipinski definition) is 1. The van der Waals surface area contributed by atoms with Crippen LogP contribution in [-0.4, -0.2) is 65.9 Å². The first-order valence-corrected chi connectivity index (χ1v) is 9.48. The third kappa shape index (κ3) is 3.04. The molecule has 0 aromatic heterocycles. The fourth-order valence-electron chi connectivity index (χ4n) is 4.71. The molecular formula is C18H27N3O4. The first kappa shape index (κ1) is 16.5. The molecule has 4 rings (SSSR count). The lowest BCUT2D eigenvalue weighted by atomic mass is 9.85. The van der Waals surface area contributed by atoms with Crippen LogP contribution in [0.15, 0.2) is 11.8 Å².